The van der Waals surface area contributed by atoms with Gasteiger partial charge in [-0.05, 0) is 30.7 Å². The van der Waals surface area contributed by atoms with E-state index >= 15 is 0 Å². The fourth-order valence-corrected chi connectivity index (χ4v) is 4.58. The Morgan fingerprint density at radius 1 is 0.929 bits per heavy atom. The standard InChI is InChI=1S/C17H21FN4O5S/c1-2-7-21-15(23)16(24)22(17(21)25)12-19-8-10-20(11-9-19)28(26,27)14-5-3-13(18)4-6-14/h3-6H,2,7-12H2,1H3. The Labute approximate surface area is 162 Å². The molecule has 0 aromatic heterocycles. The SMILES string of the molecule is CCCN1C(=O)C(=O)N(CN2CCN(S(=O)(=O)c3ccc(F)cc3)CC2)C1=O. The van der Waals surface area contributed by atoms with Gasteiger partial charge >= 0.3 is 17.8 Å². The molecule has 0 unspecified atom stereocenters. The number of carbonyl (C=O) groups is 3. The number of benzene rings is 1. The quantitative estimate of drug-likeness (QED) is 0.492. The van der Waals surface area contributed by atoms with Crippen molar-refractivity contribution in [3.05, 3.63) is 30.1 Å². The highest BCUT2D eigenvalue weighted by molar-refractivity contribution is 7.89. The van der Waals surface area contributed by atoms with Crippen LogP contribution in [0.15, 0.2) is 29.2 Å². The van der Waals surface area contributed by atoms with Crippen LogP contribution in [0, 0.1) is 5.82 Å². The molecule has 11 heteroatoms. The molecule has 152 valence electrons. The lowest BCUT2D eigenvalue weighted by Gasteiger charge is -2.35. The third-order valence-corrected chi connectivity index (χ3v) is 6.62. The van der Waals surface area contributed by atoms with Gasteiger partial charge in [0.25, 0.3) is 0 Å². The van der Waals surface area contributed by atoms with Gasteiger partial charge in [0.1, 0.15) is 5.82 Å². The van der Waals surface area contributed by atoms with Gasteiger partial charge in [0.05, 0.1) is 11.6 Å². The Hall–Kier alpha value is -2.37. The summed E-state index contributed by atoms with van der Waals surface area (Å²) in [6, 6.07) is 3.97. The first-order valence-electron chi connectivity index (χ1n) is 8.91. The number of halogens is 1. The number of amides is 4. The smallest absolute Gasteiger partial charge is 0.283 e. The highest BCUT2D eigenvalue weighted by Crippen LogP contribution is 2.19. The molecule has 0 bridgehead atoms. The Balaban J connectivity index is 1.61. The first kappa shape index (κ1) is 20.4. The van der Waals surface area contributed by atoms with Gasteiger partial charge in [-0.1, -0.05) is 6.92 Å². The molecule has 2 aliphatic rings. The van der Waals surface area contributed by atoms with Gasteiger partial charge in [0.2, 0.25) is 10.0 Å². The summed E-state index contributed by atoms with van der Waals surface area (Å²) >= 11 is 0. The number of piperazine rings is 1. The molecule has 2 heterocycles. The van der Waals surface area contributed by atoms with E-state index < -0.39 is 33.7 Å². The number of hydrogen-bond donors (Lipinski definition) is 0. The molecule has 2 aliphatic heterocycles. The Morgan fingerprint density at radius 3 is 2.07 bits per heavy atom. The van der Waals surface area contributed by atoms with Gasteiger partial charge < -0.3 is 0 Å². The zero-order valence-corrected chi connectivity index (χ0v) is 16.2. The van der Waals surface area contributed by atoms with Crippen LogP contribution in [0.1, 0.15) is 13.3 Å². The third-order valence-electron chi connectivity index (χ3n) is 4.71. The molecule has 28 heavy (non-hydrogen) atoms. The van der Waals surface area contributed by atoms with E-state index in [0.29, 0.717) is 19.5 Å². The summed E-state index contributed by atoms with van der Waals surface area (Å²) in [5.41, 5.74) is 0. The van der Waals surface area contributed by atoms with Crippen molar-refractivity contribution in [2.45, 2.75) is 18.2 Å². The molecule has 2 saturated heterocycles. The van der Waals surface area contributed by atoms with Gasteiger partial charge in [-0.15, -0.1) is 0 Å². The number of sulfonamides is 1. The second-order valence-electron chi connectivity index (χ2n) is 6.59. The van der Waals surface area contributed by atoms with Gasteiger partial charge in [-0.2, -0.15) is 4.31 Å². The van der Waals surface area contributed by atoms with Crippen molar-refractivity contribution in [2.24, 2.45) is 0 Å². The monoisotopic (exact) mass is 412 g/mol. The molecule has 0 spiro atoms. The van der Waals surface area contributed by atoms with Crippen molar-refractivity contribution in [3.63, 3.8) is 0 Å². The molecule has 1 aromatic rings. The van der Waals surface area contributed by atoms with Crippen molar-refractivity contribution in [2.75, 3.05) is 39.4 Å². The average molecular weight is 412 g/mol. The van der Waals surface area contributed by atoms with Crippen molar-refractivity contribution in [3.8, 4) is 0 Å². The summed E-state index contributed by atoms with van der Waals surface area (Å²) in [7, 11) is -3.75. The molecular formula is C17H21FN4O5S. The van der Waals surface area contributed by atoms with E-state index in [1.807, 2.05) is 0 Å². The van der Waals surface area contributed by atoms with E-state index in [9.17, 15) is 27.2 Å². The summed E-state index contributed by atoms with van der Waals surface area (Å²) in [5, 5.41) is 0. The van der Waals surface area contributed by atoms with Crippen molar-refractivity contribution in [1.82, 2.24) is 19.0 Å². The number of nitrogens with zero attached hydrogens (tertiary/aromatic N) is 4. The lowest BCUT2D eigenvalue weighted by molar-refractivity contribution is -0.144. The van der Waals surface area contributed by atoms with Gasteiger partial charge in [0.15, 0.2) is 0 Å². The Morgan fingerprint density at radius 2 is 1.50 bits per heavy atom. The van der Waals surface area contributed by atoms with Crippen LogP contribution in [0.3, 0.4) is 0 Å². The number of urea groups is 1. The normalized spacial score (nSPS) is 19.7. The second kappa shape index (κ2) is 7.94. The second-order valence-corrected chi connectivity index (χ2v) is 8.53. The van der Waals surface area contributed by atoms with Gasteiger partial charge in [-0.25, -0.2) is 22.5 Å². The zero-order chi connectivity index (χ0) is 20.5. The average Bonchev–Trinajstić information content (AvgIpc) is 2.87. The van der Waals surface area contributed by atoms with E-state index in [1.54, 1.807) is 11.8 Å². The van der Waals surface area contributed by atoms with Crippen LogP contribution in [0.4, 0.5) is 9.18 Å². The maximum absolute atomic E-state index is 13.0. The predicted molar refractivity (Wildman–Crippen MR) is 95.8 cm³/mol. The predicted octanol–water partition coefficient (Wildman–Crippen LogP) is 0.290. The maximum atomic E-state index is 13.0. The van der Waals surface area contributed by atoms with Crippen molar-refractivity contribution in [1.29, 1.82) is 0 Å². The molecule has 0 aliphatic carbocycles. The number of imide groups is 2. The van der Waals surface area contributed by atoms with Crippen LogP contribution >= 0.6 is 0 Å². The van der Waals surface area contributed by atoms with E-state index in [4.69, 9.17) is 0 Å². The minimum Gasteiger partial charge on any atom is -0.283 e. The fraction of sp³-hybridized carbons (Fsp3) is 0.471. The molecular weight excluding hydrogens is 391 g/mol. The van der Waals surface area contributed by atoms with E-state index in [-0.39, 0.29) is 31.2 Å². The number of rotatable bonds is 6. The summed E-state index contributed by atoms with van der Waals surface area (Å²) < 4.78 is 39.6. The number of hydrogen-bond acceptors (Lipinski definition) is 6. The summed E-state index contributed by atoms with van der Waals surface area (Å²) in [5.74, 6) is -2.21. The summed E-state index contributed by atoms with van der Waals surface area (Å²) in [6.07, 6.45) is 0.554. The fourth-order valence-electron chi connectivity index (χ4n) is 3.16. The minimum absolute atomic E-state index is 0.00746. The van der Waals surface area contributed by atoms with Crippen LogP contribution in [-0.2, 0) is 19.6 Å². The van der Waals surface area contributed by atoms with Crippen LogP contribution < -0.4 is 0 Å². The maximum Gasteiger partial charge on any atom is 0.335 e. The molecule has 3 rings (SSSR count). The lowest BCUT2D eigenvalue weighted by Crippen LogP contribution is -2.52. The van der Waals surface area contributed by atoms with Crippen LogP contribution in [0.5, 0.6) is 0 Å². The first-order valence-corrected chi connectivity index (χ1v) is 10.3. The highest BCUT2D eigenvalue weighted by atomic mass is 32.2. The van der Waals surface area contributed by atoms with Gasteiger partial charge in [0, 0.05) is 32.7 Å². The molecule has 2 fully saturated rings. The molecule has 9 nitrogen and oxygen atoms in total. The van der Waals surface area contributed by atoms with Crippen LogP contribution in [-0.4, -0.2) is 84.7 Å². The van der Waals surface area contributed by atoms with E-state index in [2.05, 4.69) is 0 Å². The summed E-state index contributed by atoms with van der Waals surface area (Å²) in [4.78, 5) is 39.8. The topological polar surface area (TPSA) is 98.3 Å². The summed E-state index contributed by atoms with van der Waals surface area (Å²) in [6.45, 7) is 2.82. The Kier molecular flexibility index (Phi) is 5.77. The van der Waals surface area contributed by atoms with Crippen molar-refractivity contribution >= 4 is 27.9 Å². The Bertz CT molecular complexity index is 881. The molecule has 0 radical (unpaired) electrons. The molecule has 0 atom stereocenters. The largest absolute Gasteiger partial charge is 0.335 e. The zero-order valence-electron chi connectivity index (χ0n) is 15.4. The molecule has 0 N–H and O–H groups in total. The first-order chi connectivity index (χ1) is 13.3. The lowest BCUT2D eigenvalue weighted by atomic mass is 10.3. The van der Waals surface area contributed by atoms with Gasteiger partial charge in [-0.3, -0.25) is 19.4 Å². The molecule has 1 aromatic carbocycles. The molecule has 0 saturated carbocycles. The van der Waals surface area contributed by atoms with Crippen molar-refractivity contribution < 1.29 is 27.2 Å². The van der Waals surface area contributed by atoms with Crippen LogP contribution in [0.25, 0.3) is 0 Å². The van der Waals surface area contributed by atoms with E-state index in [1.165, 1.54) is 16.4 Å². The highest BCUT2D eigenvalue weighted by Gasteiger charge is 2.44. The minimum atomic E-state index is -3.75. The molecule has 4 amide bonds. The third kappa shape index (κ3) is 3.77. The van der Waals surface area contributed by atoms with E-state index in [0.717, 1.165) is 21.9 Å². The number of carbonyl (C=O) groups excluding carboxylic acids is 3. The van der Waals surface area contributed by atoms with Crippen LogP contribution in [0.2, 0.25) is 0 Å².